The standard InChI is InChI=1S/C17H28N2O4/c1-5-22-15(20)14(12-18)7-6-13-8-10-19(11-9-13)16(21)23-17(2,3)4/h13-14H,5-11H2,1-4H3. The van der Waals surface area contributed by atoms with Gasteiger partial charge in [0.1, 0.15) is 11.5 Å². The molecule has 1 unspecified atom stereocenters. The van der Waals surface area contributed by atoms with Crippen LogP contribution in [-0.4, -0.2) is 42.3 Å². The predicted octanol–water partition coefficient (Wildman–Crippen LogP) is 3.12. The molecule has 130 valence electrons. The fraction of sp³-hybridized carbons (Fsp3) is 0.824. The molecule has 23 heavy (non-hydrogen) atoms. The molecule has 1 saturated heterocycles. The Labute approximate surface area is 138 Å². The molecule has 1 atom stereocenters. The molecule has 1 amide bonds. The average molecular weight is 324 g/mol. The van der Waals surface area contributed by atoms with E-state index in [2.05, 4.69) is 0 Å². The van der Waals surface area contributed by atoms with Crippen LogP contribution in [0.1, 0.15) is 53.4 Å². The fourth-order valence-electron chi connectivity index (χ4n) is 2.61. The lowest BCUT2D eigenvalue weighted by molar-refractivity contribution is -0.146. The van der Waals surface area contributed by atoms with E-state index in [9.17, 15) is 9.59 Å². The normalized spacial score (nSPS) is 17.3. The maximum Gasteiger partial charge on any atom is 0.410 e. The Balaban J connectivity index is 2.35. The zero-order valence-corrected chi connectivity index (χ0v) is 14.6. The van der Waals surface area contributed by atoms with Gasteiger partial charge in [-0.05, 0) is 59.3 Å². The maximum absolute atomic E-state index is 12.0. The molecule has 1 fully saturated rings. The summed E-state index contributed by atoms with van der Waals surface area (Å²) in [4.78, 5) is 25.3. The molecule has 1 heterocycles. The molecule has 0 aromatic heterocycles. The van der Waals surface area contributed by atoms with Gasteiger partial charge < -0.3 is 14.4 Å². The van der Waals surface area contributed by atoms with Crippen LogP contribution in [-0.2, 0) is 14.3 Å². The molecular formula is C17H28N2O4. The van der Waals surface area contributed by atoms with Crippen LogP contribution in [0.2, 0.25) is 0 Å². The van der Waals surface area contributed by atoms with Crippen LogP contribution in [0.5, 0.6) is 0 Å². The topological polar surface area (TPSA) is 79.6 Å². The molecule has 0 bridgehead atoms. The third kappa shape index (κ3) is 6.89. The lowest BCUT2D eigenvalue weighted by Gasteiger charge is -2.33. The van der Waals surface area contributed by atoms with E-state index in [1.165, 1.54) is 0 Å². The fourth-order valence-corrected chi connectivity index (χ4v) is 2.61. The molecule has 1 aliphatic rings. The minimum atomic E-state index is -0.682. The summed E-state index contributed by atoms with van der Waals surface area (Å²) >= 11 is 0. The van der Waals surface area contributed by atoms with E-state index in [0.717, 1.165) is 19.3 Å². The largest absolute Gasteiger partial charge is 0.465 e. The van der Waals surface area contributed by atoms with Crippen molar-refractivity contribution in [3.8, 4) is 6.07 Å². The minimum Gasteiger partial charge on any atom is -0.465 e. The van der Waals surface area contributed by atoms with Gasteiger partial charge in [-0.15, -0.1) is 0 Å². The van der Waals surface area contributed by atoms with Crippen LogP contribution in [0, 0.1) is 23.2 Å². The first kappa shape index (κ1) is 19.3. The average Bonchev–Trinajstić information content (AvgIpc) is 2.47. The van der Waals surface area contributed by atoms with Crippen molar-refractivity contribution < 1.29 is 19.1 Å². The van der Waals surface area contributed by atoms with Gasteiger partial charge in [-0.2, -0.15) is 5.26 Å². The number of hydrogen-bond acceptors (Lipinski definition) is 5. The lowest BCUT2D eigenvalue weighted by Crippen LogP contribution is -2.41. The Kier molecular flexibility index (Phi) is 7.34. The van der Waals surface area contributed by atoms with Crippen molar-refractivity contribution >= 4 is 12.1 Å². The van der Waals surface area contributed by atoms with E-state index < -0.39 is 17.5 Å². The smallest absolute Gasteiger partial charge is 0.410 e. The van der Waals surface area contributed by atoms with Gasteiger partial charge in [0.2, 0.25) is 0 Å². The van der Waals surface area contributed by atoms with Gasteiger partial charge in [-0.1, -0.05) is 0 Å². The van der Waals surface area contributed by atoms with Gasteiger partial charge >= 0.3 is 12.1 Å². The molecule has 0 spiro atoms. The molecule has 0 aliphatic carbocycles. The molecular weight excluding hydrogens is 296 g/mol. The van der Waals surface area contributed by atoms with Crippen LogP contribution in [0.25, 0.3) is 0 Å². The predicted molar refractivity (Wildman–Crippen MR) is 85.5 cm³/mol. The van der Waals surface area contributed by atoms with Gasteiger partial charge in [0.15, 0.2) is 0 Å². The number of carbonyl (C=O) groups excluding carboxylic acids is 2. The first-order valence-corrected chi connectivity index (χ1v) is 8.31. The van der Waals surface area contributed by atoms with E-state index >= 15 is 0 Å². The van der Waals surface area contributed by atoms with Crippen LogP contribution in [0.15, 0.2) is 0 Å². The SMILES string of the molecule is CCOC(=O)C(C#N)CCC1CCN(C(=O)OC(C)(C)C)CC1. The van der Waals surface area contributed by atoms with E-state index in [1.54, 1.807) is 11.8 Å². The monoisotopic (exact) mass is 324 g/mol. The van der Waals surface area contributed by atoms with E-state index in [0.29, 0.717) is 32.0 Å². The second kappa shape index (κ2) is 8.76. The number of piperidine rings is 1. The van der Waals surface area contributed by atoms with Crippen LogP contribution in [0.3, 0.4) is 0 Å². The number of carbonyl (C=O) groups is 2. The highest BCUT2D eigenvalue weighted by atomic mass is 16.6. The van der Waals surface area contributed by atoms with Gasteiger partial charge in [0.25, 0.3) is 0 Å². The number of rotatable bonds is 5. The molecule has 0 radical (unpaired) electrons. The van der Waals surface area contributed by atoms with Crippen molar-refractivity contribution in [2.24, 2.45) is 11.8 Å². The zero-order valence-electron chi connectivity index (χ0n) is 14.6. The number of esters is 1. The molecule has 6 nitrogen and oxygen atoms in total. The Morgan fingerprint density at radius 2 is 1.91 bits per heavy atom. The molecule has 6 heteroatoms. The summed E-state index contributed by atoms with van der Waals surface area (Å²) in [5.74, 6) is -0.681. The number of nitriles is 1. The zero-order chi connectivity index (χ0) is 17.5. The van der Waals surface area contributed by atoms with Crippen LogP contribution < -0.4 is 0 Å². The Morgan fingerprint density at radius 1 is 1.30 bits per heavy atom. The summed E-state index contributed by atoms with van der Waals surface area (Å²) in [5, 5.41) is 9.06. The van der Waals surface area contributed by atoms with Crippen LogP contribution in [0.4, 0.5) is 4.79 Å². The number of amides is 1. The van der Waals surface area contributed by atoms with E-state index in [-0.39, 0.29) is 6.09 Å². The highest BCUT2D eigenvalue weighted by Crippen LogP contribution is 2.25. The van der Waals surface area contributed by atoms with Crippen molar-refractivity contribution in [2.75, 3.05) is 19.7 Å². The molecule has 1 rings (SSSR count). The number of hydrogen-bond donors (Lipinski definition) is 0. The Morgan fingerprint density at radius 3 is 2.39 bits per heavy atom. The van der Waals surface area contributed by atoms with Crippen molar-refractivity contribution in [3.63, 3.8) is 0 Å². The van der Waals surface area contributed by atoms with Crippen molar-refractivity contribution in [1.82, 2.24) is 4.90 Å². The van der Waals surface area contributed by atoms with Gasteiger partial charge in [0.05, 0.1) is 12.7 Å². The highest BCUT2D eigenvalue weighted by Gasteiger charge is 2.28. The second-order valence-corrected chi connectivity index (χ2v) is 6.92. The summed E-state index contributed by atoms with van der Waals surface area (Å²) in [5.41, 5.74) is -0.479. The lowest BCUT2D eigenvalue weighted by atomic mass is 9.89. The molecule has 0 aromatic carbocycles. The molecule has 1 aliphatic heterocycles. The van der Waals surface area contributed by atoms with Gasteiger partial charge in [0, 0.05) is 13.1 Å². The third-order valence-corrected chi connectivity index (χ3v) is 3.86. The van der Waals surface area contributed by atoms with Gasteiger partial charge in [-0.25, -0.2) is 4.79 Å². The first-order chi connectivity index (χ1) is 10.8. The molecule has 0 N–H and O–H groups in total. The number of likely N-dealkylation sites (tertiary alicyclic amines) is 1. The highest BCUT2D eigenvalue weighted by molar-refractivity contribution is 5.75. The molecule has 0 saturated carbocycles. The Hall–Kier alpha value is -1.77. The van der Waals surface area contributed by atoms with E-state index in [4.69, 9.17) is 14.7 Å². The third-order valence-electron chi connectivity index (χ3n) is 3.86. The second-order valence-electron chi connectivity index (χ2n) is 6.92. The first-order valence-electron chi connectivity index (χ1n) is 8.31. The van der Waals surface area contributed by atoms with Crippen molar-refractivity contribution in [1.29, 1.82) is 5.26 Å². The number of ether oxygens (including phenoxy) is 2. The summed E-state index contributed by atoms with van der Waals surface area (Å²) in [6.07, 6.45) is 2.81. The Bertz CT molecular complexity index is 442. The number of nitrogens with zero attached hydrogens (tertiary/aromatic N) is 2. The summed E-state index contributed by atoms with van der Waals surface area (Å²) in [6, 6.07) is 2.02. The quantitative estimate of drug-likeness (QED) is 0.726. The van der Waals surface area contributed by atoms with E-state index in [1.807, 2.05) is 26.8 Å². The summed E-state index contributed by atoms with van der Waals surface area (Å²) in [7, 11) is 0. The maximum atomic E-state index is 12.0. The summed E-state index contributed by atoms with van der Waals surface area (Å²) < 4.78 is 10.3. The van der Waals surface area contributed by atoms with Gasteiger partial charge in [-0.3, -0.25) is 4.79 Å². The minimum absolute atomic E-state index is 0.266. The van der Waals surface area contributed by atoms with Crippen LogP contribution >= 0.6 is 0 Å². The van der Waals surface area contributed by atoms with Crippen molar-refractivity contribution in [3.05, 3.63) is 0 Å². The summed E-state index contributed by atoms with van der Waals surface area (Å²) in [6.45, 7) is 8.93. The van der Waals surface area contributed by atoms with Crippen molar-refractivity contribution in [2.45, 2.75) is 59.0 Å². The molecule has 0 aromatic rings.